The van der Waals surface area contributed by atoms with Crippen LogP contribution in [0.5, 0.6) is 5.88 Å². The lowest BCUT2D eigenvalue weighted by Crippen LogP contribution is -2.36. The molecule has 0 N–H and O–H groups in total. The number of carbonyl (C=O) groups is 1. The highest BCUT2D eigenvalue weighted by atomic mass is 16.6. The summed E-state index contributed by atoms with van der Waals surface area (Å²) in [6.45, 7) is 6.62. The topological polar surface area (TPSA) is 113 Å². The highest BCUT2D eigenvalue weighted by Crippen LogP contribution is 2.33. The minimum Gasteiger partial charge on any atom is -0.471 e. The second-order valence-electron chi connectivity index (χ2n) is 9.29. The largest absolute Gasteiger partial charge is 0.471 e. The standard InChI is InChI=1S/C23H26N8O3/c1-23(2,3)34-22(32)30-10-9-17(11-30)33-21-20-19(24-13-25-21)18(12-29(20)4)15-5-7-16(8-6-15)31-14-26-27-28-31/h5-8,12-14,17H,9-11H2,1-4H3/t17-/m0/s1. The number of benzene rings is 1. The Balaban J connectivity index is 1.37. The minimum absolute atomic E-state index is 0.167. The molecule has 3 aromatic heterocycles. The molecular formula is C23H26N8O3. The van der Waals surface area contributed by atoms with Gasteiger partial charge in [-0.05, 0) is 48.9 Å². The van der Waals surface area contributed by atoms with Crippen LogP contribution in [-0.2, 0) is 11.8 Å². The zero-order valence-electron chi connectivity index (χ0n) is 19.5. The number of fused-ring (bicyclic) bond motifs is 1. The van der Waals surface area contributed by atoms with Crippen molar-refractivity contribution in [2.24, 2.45) is 7.05 Å². The number of rotatable bonds is 4. The summed E-state index contributed by atoms with van der Waals surface area (Å²) in [5, 5.41) is 11.3. The van der Waals surface area contributed by atoms with Crippen molar-refractivity contribution in [3.05, 3.63) is 43.1 Å². The van der Waals surface area contributed by atoms with Crippen LogP contribution in [0, 0.1) is 0 Å². The smallest absolute Gasteiger partial charge is 0.410 e. The van der Waals surface area contributed by atoms with Crippen molar-refractivity contribution in [2.45, 2.75) is 38.9 Å². The molecule has 0 aliphatic carbocycles. The summed E-state index contributed by atoms with van der Waals surface area (Å²) in [7, 11) is 1.94. The Hall–Kier alpha value is -4.02. The number of nitrogens with zero attached hydrogens (tertiary/aromatic N) is 8. The van der Waals surface area contributed by atoms with Gasteiger partial charge in [0.2, 0.25) is 5.88 Å². The van der Waals surface area contributed by atoms with Crippen LogP contribution in [0.15, 0.2) is 43.1 Å². The molecule has 1 amide bonds. The molecule has 0 saturated carbocycles. The fourth-order valence-corrected chi connectivity index (χ4v) is 4.04. The van der Waals surface area contributed by atoms with Gasteiger partial charge in [0.1, 0.15) is 35.4 Å². The number of hydrogen-bond donors (Lipinski definition) is 0. The average Bonchev–Trinajstić information content (AvgIpc) is 3.54. The highest BCUT2D eigenvalue weighted by molar-refractivity contribution is 5.95. The molecule has 0 radical (unpaired) electrons. The second kappa shape index (κ2) is 8.40. The Morgan fingerprint density at radius 2 is 1.94 bits per heavy atom. The molecule has 1 aliphatic rings. The number of ether oxygens (including phenoxy) is 2. The molecular weight excluding hydrogens is 436 g/mol. The van der Waals surface area contributed by atoms with Gasteiger partial charge in [0.25, 0.3) is 0 Å². The van der Waals surface area contributed by atoms with Crippen molar-refractivity contribution < 1.29 is 14.3 Å². The first kappa shape index (κ1) is 21.8. The SMILES string of the molecule is Cn1cc(-c2ccc(-n3cnnn3)cc2)c2ncnc(O[C@H]3CCN(C(=O)OC(C)(C)C)C3)c21. The van der Waals surface area contributed by atoms with Crippen LogP contribution in [0.25, 0.3) is 27.8 Å². The predicted molar refractivity (Wildman–Crippen MR) is 123 cm³/mol. The summed E-state index contributed by atoms with van der Waals surface area (Å²) in [4.78, 5) is 23.0. The lowest BCUT2D eigenvalue weighted by molar-refractivity contribution is 0.0275. The Labute approximate surface area is 196 Å². The monoisotopic (exact) mass is 462 g/mol. The molecule has 176 valence electrons. The van der Waals surface area contributed by atoms with E-state index in [4.69, 9.17) is 9.47 Å². The molecule has 0 unspecified atom stereocenters. The third-order valence-corrected chi connectivity index (χ3v) is 5.59. The zero-order chi connectivity index (χ0) is 23.9. The van der Waals surface area contributed by atoms with Gasteiger partial charge in [-0.15, -0.1) is 5.10 Å². The van der Waals surface area contributed by atoms with E-state index in [0.29, 0.717) is 25.4 Å². The van der Waals surface area contributed by atoms with E-state index in [0.717, 1.165) is 27.8 Å². The molecule has 5 rings (SSSR count). The van der Waals surface area contributed by atoms with Crippen LogP contribution in [0.4, 0.5) is 4.79 Å². The molecule has 1 fully saturated rings. The third kappa shape index (κ3) is 4.28. The molecule has 1 aromatic carbocycles. The van der Waals surface area contributed by atoms with E-state index in [9.17, 15) is 4.79 Å². The van der Waals surface area contributed by atoms with Gasteiger partial charge in [-0.3, -0.25) is 0 Å². The molecule has 4 aromatic rings. The maximum absolute atomic E-state index is 12.4. The Morgan fingerprint density at radius 3 is 2.65 bits per heavy atom. The summed E-state index contributed by atoms with van der Waals surface area (Å²) in [6, 6.07) is 7.91. The summed E-state index contributed by atoms with van der Waals surface area (Å²) >= 11 is 0. The maximum atomic E-state index is 12.4. The van der Waals surface area contributed by atoms with Gasteiger partial charge in [0.15, 0.2) is 0 Å². The molecule has 11 heteroatoms. The van der Waals surface area contributed by atoms with Crippen molar-refractivity contribution in [1.29, 1.82) is 0 Å². The molecule has 4 heterocycles. The van der Waals surface area contributed by atoms with Crippen molar-refractivity contribution in [1.82, 2.24) is 39.6 Å². The number of amides is 1. The van der Waals surface area contributed by atoms with Crippen LogP contribution in [0.2, 0.25) is 0 Å². The number of likely N-dealkylation sites (tertiary alicyclic amines) is 1. The predicted octanol–water partition coefficient (Wildman–Crippen LogP) is 3.00. The molecule has 0 spiro atoms. The van der Waals surface area contributed by atoms with E-state index in [2.05, 4.69) is 25.5 Å². The fraction of sp³-hybridized carbons (Fsp3) is 0.391. The van der Waals surface area contributed by atoms with Gasteiger partial charge >= 0.3 is 6.09 Å². The Morgan fingerprint density at radius 1 is 1.15 bits per heavy atom. The van der Waals surface area contributed by atoms with E-state index >= 15 is 0 Å². The van der Waals surface area contributed by atoms with Gasteiger partial charge in [0, 0.05) is 31.8 Å². The van der Waals surface area contributed by atoms with Crippen molar-refractivity contribution in [3.8, 4) is 22.7 Å². The van der Waals surface area contributed by atoms with Gasteiger partial charge in [-0.1, -0.05) is 12.1 Å². The highest BCUT2D eigenvalue weighted by Gasteiger charge is 2.31. The summed E-state index contributed by atoms with van der Waals surface area (Å²) < 4.78 is 15.3. The fourth-order valence-electron chi connectivity index (χ4n) is 4.04. The Kier molecular flexibility index (Phi) is 5.39. The van der Waals surface area contributed by atoms with Crippen LogP contribution in [0.3, 0.4) is 0 Å². The average molecular weight is 463 g/mol. The van der Waals surface area contributed by atoms with Gasteiger partial charge < -0.3 is 18.9 Å². The van der Waals surface area contributed by atoms with Crippen LogP contribution < -0.4 is 4.74 Å². The maximum Gasteiger partial charge on any atom is 0.410 e. The third-order valence-electron chi connectivity index (χ3n) is 5.59. The summed E-state index contributed by atoms with van der Waals surface area (Å²) in [5.41, 5.74) is 3.91. The van der Waals surface area contributed by atoms with E-state index in [1.165, 1.54) is 6.33 Å². The van der Waals surface area contributed by atoms with E-state index in [-0.39, 0.29) is 12.2 Å². The molecule has 1 atom stereocenters. The first-order valence-corrected chi connectivity index (χ1v) is 11.1. The van der Waals surface area contributed by atoms with E-state index in [1.54, 1.807) is 15.9 Å². The van der Waals surface area contributed by atoms with Crippen molar-refractivity contribution in [3.63, 3.8) is 0 Å². The first-order chi connectivity index (χ1) is 16.3. The molecule has 34 heavy (non-hydrogen) atoms. The molecule has 1 saturated heterocycles. The zero-order valence-corrected chi connectivity index (χ0v) is 19.5. The number of aryl methyl sites for hydroxylation is 1. The Bertz CT molecular complexity index is 1310. The van der Waals surface area contributed by atoms with Crippen LogP contribution in [0.1, 0.15) is 27.2 Å². The lowest BCUT2D eigenvalue weighted by atomic mass is 10.1. The van der Waals surface area contributed by atoms with Crippen LogP contribution >= 0.6 is 0 Å². The quantitative estimate of drug-likeness (QED) is 0.455. The van der Waals surface area contributed by atoms with E-state index in [1.807, 2.05) is 62.8 Å². The molecule has 11 nitrogen and oxygen atoms in total. The summed E-state index contributed by atoms with van der Waals surface area (Å²) in [5.74, 6) is 0.500. The normalized spacial score (nSPS) is 16.2. The van der Waals surface area contributed by atoms with Gasteiger partial charge in [-0.25, -0.2) is 14.5 Å². The van der Waals surface area contributed by atoms with Crippen LogP contribution in [-0.4, -0.2) is 70.5 Å². The van der Waals surface area contributed by atoms with Crippen molar-refractivity contribution in [2.75, 3.05) is 13.1 Å². The van der Waals surface area contributed by atoms with Gasteiger partial charge in [-0.2, -0.15) is 4.98 Å². The molecule has 1 aliphatic heterocycles. The first-order valence-electron chi connectivity index (χ1n) is 11.1. The number of tetrazole rings is 1. The number of hydrogen-bond acceptors (Lipinski definition) is 8. The lowest BCUT2D eigenvalue weighted by Gasteiger charge is -2.24. The van der Waals surface area contributed by atoms with Crippen molar-refractivity contribution >= 4 is 17.1 Å². The summed E-state index contributed by atoms with van der Waals surface area (Å²) in [6.07, 6.45) is 5.30. The number of carbonyl (C=O) groups excluding carboxylic acids is 1. The minimum atomic E-state index is -0.529. The van der Waals surface area contributed by atoms with Gasteiger partial charge in [0.05, 0.1) is 12.2 Å². The van der Waals surface area contributed by atoms with E-state index < -0.39 is 5.60 Å². The second-order valence-corrected chi connectivity index (χ2v) is 9.29. The number of aromatic nitrogens is 7. The molecule has 0 bridgehead atoms.